The molecule has 4 aliphatic carbocycles. The van der Waals surface area contributed by atoms with E-state index in [9.17, 15) is 28.8 Å². The highest BCUT2D eigenvalue weighted by atomic mass is 35.5. The molecule has 4 aliphatic rings. The highest BCUT2D eigenvalue weighted by molar-refractivity contribution is 7.20. The van der Waals surface area contributed by atoms with Gasteiger partial charge in [-0.05, 0) is 80.4 Å². The summed E-state index contributed by atoms with van der Waals surface area (Å²) in [7, 11) is 0. The summed E-state index contributed by atoms with van der Waals surface area (Å²) in [5.41, 5.74) is 4.31. The lowest BCUT2D eigenvalue weighted by Crippen LogP contribution is -2.56. The molecule has 1 atom stereocenters. The van der Waals surface area contributed by atoms with Crippen LogP contribution in [0.15, 0.2) is 29.2 Å². The molecule has 0 aromatic carbocycles. The van der Waals surface area contributed by atoms with Crippen LogP contribution in [0.1, 0.15) is 55.3 Å². The maximum atomic E-state index is 13.2. The van der Waals surface area contributed by atoms with Crippen LogP contribution in [0.25, 0.3) is 0 Å². The second kappa shape index (κ2) is 12.6. The summed E-state index contributed by atoms with van der Waals surface area (Å²) in [5.74, 6) is -1.40. The van der Waals surface area contributed by atoms with E-state index in [0.29, 0.717) is 11.8 Å². The molecule has 4 amide bonds. The molecule has 6 rings (SSSR count). The summed E-state index contributed by atoms with van der Waals surface area (Å²) in [5, 5.41) is 8.12. The molecule has 14 heteroatoms. The van der Waals surface area contributed by atoms with Crippen LogP contribution in [0, 0.1) is 23.7 Å². The van der Waals surface area contributed by atoms with Crippen LogP contribution in [-0.2, 0) is 25.7 Å². The number of anilines is 1. The molecule has 2 heterocycles. The van der Waals surface area contributed by atoms with Crippen molar-refractivity contribution in [1.29, 1.82) is 0 Å². The molecule has 11 nitrogen and oxygen atoms in total. The van der Waals surface area contributed by atoms with Crippen LogP contribution in [0.5, 0.6) is 0 Å². The van der Waals surface area contributed by atoms with Gasteiger partial charge in [0.2, 0.25) is 17.6 Å². The molecular weight excluding hydrogens is 605 g/mol. The van der Waals surface area contributed by atoms with E-state index in [4.69, 9.17) is 28.9 Å². The Morgan fingerprint density at radius 1 is 1.05 bits per heavy atom. The van der Waals surface area contributed by atoms with Crippen LogP contribution in [0.4, 0.5) is 5.69 Å². The van der Waals surface area contributed by atoms with Gasteiger partial charge in [0.1, 0.15) is 22.6 Å². The number of nitrogens with one attached hydrogen (secondary N) is 3. The Morgan fingerprint density at radius 2 is 1.71 bits per heavy atom. The molecule has 0 spiro atoms. The molecule has 0 unspecified atom stereocenters. The molecule has 4 bridgehead atoms. The van der Waals surface area contributed by atoms with E-state index < -0.39 is 41.5 Å². The van der Waals surface area contributed by atoms with E-state index in [1.54, 1.807) is 0 Å². The third kappa shape index (κ3) is 6.71. The van der Waals surface area contributed by atoms with Gasteiger partial charge in [0.25, 0.3) is 17.4 Å². The number of rotatable bonds is 11. The SMILES string of the molecule is NC(=O)C(=O)CC[C@H](NC(=O)c1cc(Cl)sc1Cl)C(=O)Nc1cccn(CC(=O)NC2C3CC4CC(C3)CC2C4)c1=O. The molecule has 0 radical (unpaired) electrons. The first-order valence-corrected chi connectivity index (χ1v) is 15.4. The lowest BCUT2D eigenvalue weighted by Gasteiger charge is -2.54. The van der Waals surface area contributed by atoms with Gasteiger partial charge < -0.3 is 26.3 Å². The predicted octanol–water partition coefficient (Wildman–Crippen LogP) is 2.73. The van der Waals surface area contributed by atoms with Crippen LogP contribution < -0.4 is 27.2 Å². The van der Waals surface area contributed by atoms with E-state index in [1.165, 1.54) is 35.4 Å². The minimum Gasteiger partial charge on any atom is -0.363 e. The Balaban J connectivity index is 1.25. The second-order valence-corrected chi connectivity index (χ2v) is 13.7. The fourth-order valence-electron chi connectivity index (χ4n) is 6.92. The van der Waals surface area contributed by atoms with Crippen molar-refractivity contribution in [2.24, 2.45) is 29.4 Å². The normalized spacial score (nSPS) is 24.6. The summed E-state index contributed by atoms with van der Waals surface area (Å²) >= 11 is 12.9. The quantitative estimate of drug-likeness (QED) is 0.277. The van der Waals surface area contributed by atoms with E-state index in [2.05, 4.69) is 16.0 Å². The first kappa shape index (κ1) is 30.2. The molecule has 4 saturated carbocycles. The van der Waals surface area contributed by atoms with Gasteiger partial charge >= 0.3 is 0 Å². The van der Waals surface area contributed by atoms with E-state index in [-0.39, 0.29) is 44.8 Å². The predicted molar refractivity (Wildman–Crippen MR) is 157 cm³/mol. The van der Waals surface area contributed by atoms with Crippen molar-refractivity contribution < 1.29 is 24.0 Å². The number of hydrogen-bond acceptors (Lipinski definition) is 7. The van der Waals surface area contributed by atoms with Gasteiger partial charge in [0.15, 0.2) is 0 Å². The molecule has 2 aromatic rings. The summed E-state index contributed by atoms with van der Waals surface area (Å²) in [6.07, 6.45) is 6.66. The molecule has 4 fully saturated rings. The molecule has 0 saturated heterocycles. The third-order valence-corrected chi connectivity index (χ3v) is 10.1. The van der Waals surface area contributed by atoms with Gasteiger partial charge in [-0.25, -0.2) is 0 Å². The highest BCUT2D eigenvalue weighted by Crippen LogP contribution is 2.53. The van der Waals surface area contributed by atoms with Gasteiger partial charge in [-0.15, -0.1) is 11.3 Å². The van der Waals surface area contributed by atoms with Gasteiger partial charge in [0, 0.05) is 18.7 Å². The number of nitrogens with zero attached hydrogens (tertiary/aromatic N) is 1. The van der Waals surface area contributed by atoms with Crippen LogP contribution in [-0.4, -0.2) is 46.1 Å². The number of pyridine rings is 1. The zero-order valence-electron chi connectivity index (χ0n) is 22.6. The Morgan fingerprint density at radius 3 is 2.31 bits per heavy atom. The number of Topliss-reactive ketones (excluding diaryl/α,β-unsaturated/α-hetero) is 1. The lowest BCUT2D eigenvalue weighted by molar-refractivity contribution is -0.136. The zero-order valence-corrected chi connectivity index (χ0v) is 24.9. The highest BCUT2D eigenvalue weighted by Gasteiger charge is 2.48. The number of hydrogen-bond donors (Lipinski definition) is 4. The van der Waals surface area contributed by atoms with Crippen molar-refractivity contribution in [1.82, 2.24) is 15.2 Å². The summed E-state index contributed by atoms with van der Waals surface area (Å²) in [6, 6.07) is 3.02. The summed E-state index contributed by atoms with van der Waals surface area (Å²) in [4.78, 5) is 75.2. The molecule has 42 heavy (non-hydrogen) atoms. The van der Waals surface area contributed by atoms with Crippen molar-refractivity contribution in [3.8, 4) is 0 Å². The number of carbonyl (C=O) groups excluding carboxylic acids is 5. The van der Waals surface area contributed by atoms with Gasteiger partial charge in [-0.3, -0.25) is 28.8 Å². The van der Waals surface area contributed by atoms with E-state index in [1.807, 2.05) is 0 Å². The van der Waals surface area contributed by atoms with Crippen molar-refractivity contribution >= 4 is 69.6 Å². The standard InChI is InChI=1S/C28H31Cl2N5O6S/c29-21-11-17(24(30)42-21)26(39)32-18(3-4-20(36)25(31)38)27(40)33-19-2-1-5-35(28(19)41)12-22(37)34-23-15-7-13-6-14(9-15)10-16(23)8-13/h1-2,5,11,13-16,18,23H,3-4,6-10,12H2,(H2,31,38)(H,32,39)(H,33,40)(H,34,37)/t13?,14?,15?,16?,18-,23?/m0/s1. The van der Waals surface area contributed by atoms with Crippen molar-refractivity contribution in [2.75, 3.05) is 5.32 Å². The molecule has 224 valence electrons. The largest absolute Gasteiger partial charge is 0.363 e. The van der Waals surface area contributed by atoms with Gasteiger partial charge in [-0.1, -0.05) is 23.2 Å². The number of primary amides is 1. The van der Waals surface area contributed by atoms with Crippen LogP contribution >= 0.6 is 34.5 Å². The summed E-state index contributed by atoms with van der Waals surface area (Å²) in [6.45, 7) is -0.212. The van der Waals surface area contributed by atoms with E-state index >= 15 is 0 Å². The Labute approximate surface area is 255 Å². The molecule has 0 aliphatic heterocycles. The third-order valence-electron chi connectivity index (χ3n) is 8.60. The maximum Gasteiger partial charge on any atom is 0.284 e. The Bertz CT molecular complexity index is 1460. The van der Waals surface area contributed by atoms with Gasteiger partial charge in [0.05, 0.1) is 9.90 Å². The lowest BCUT2D eigenvalue weighted by atomic mass is 9.54. The minimum absolute atomic E-state index is 0.0258. The van der Waals surface area contributed by atoms with Crippen molar-refractivity contribution in [2.45, 2.75) is 63.6 Å². The topological polar surface area (TPSA) is 169 Å². The smallest absolute Gasteiger partial charge is 0.284 e. The minimum atomic E-state index is -1.33. The average Bonchev–Trinajstić information content (AvgIpc) is 3.27. The number of ketones is 1. The number of carbonyl (C=O) groups is 5. The maximum absolute atomic E-state index is 13.2. The van der Waals surface area contributed by atoms with E-state index in [0.717, 1.165) is 48.9 Å². The number of thiophene rings is 1. The fraction of sp³-hybridized carbons (Fsp3) is 0.500. The first-order chi connectivity index (χ1) is 20.0. The number of nitrogens with two attached hydrogens (primary N) is 1. The fourth-order valence-corrected chi connectivity index (χ4v) is 8.38. The Kier molecular flexibility index (Phi) is 9.05. The zero-order chi connectivity index (χ0) is 30.1. The second-order valence-electron chi connectivity index (χ2n) is 11.5. The number of halogens is 2. The first-order valence-electron chi connectivity index (χ1n) is 13.9. The molecule has 2 aromatic heterocycles. The monoisotopic (exact) mass is 635 g/mol. The van der Waals surface area contributed by atoms with Gasteiger partial charge in [-0.2, -0.15) is 0 Å². The van der Waals surface area contributed by atoms with Crippen molar-refractivity contribution in [3.63, 3.8) is 0 Å². The Hall–Kier alpha value is -3.22. The van der Waals surface area contributed by atoms with Crippen molar-refractivity contribution in [3.05, 3.63) is 49.0 Å². The summed E-state index contributed by atoms with van der Waals surface area (Å²) < 4.78 is 1.56. The van der Waals surface area contributed by atoms with Crippen LogP contribution in [0.2, 0.25) is 8.67 Å². The average molecular weight is 637 g/mol. The molecule has 5 N–H and O–H groups in total. The van der Waals surface area contributed by atoms with Crippen LogP contribution in [0.3, 0.4) is 0 Å². The number of aromatic nitrogens is 1. The number of amides is 4. The molecular formula is C28H31Cl2N5O6S.